The monoisotopic (exact) mass is 322 g/mol. The van der Waals surface area contributed by atoms with Crippen LogP contribution in [0.3, 0.4) is 0 Å². The number of aromatic nitrogens is 2. The topological polar surface area (TPSA) is 44.1 Å². The van der Waals surface area contributed by atoms with Crippen LogP contribution in [0, 0.1) is 6.92 Å². The molecule has 0 spiro atoms. The number of ketones is 1. The van der Waals surface area contributed by atoms with E-state index < -0.39 is 0 Å². The Kier molecular flexibility index (Phi) is 4.04. The van der Waals surface area contributed by atoms with E-state index in [9.17, 15) is 4.79 Å². The molecule has 2 aromatic rings. The van der Waals surface area contributed by atoms with E-state index in [1.54, 1.807) is 24.1 Å². The van der Waals surface area contributed by atoms with Gasteiger partial charge in [0.2, 0.25) is 5.78 Å². The molecule has 5 heteroatoms. The van der Waals surface area contributed by atoms with Crippen LogP contribution in [-0.4, -0.2) is 22.7 Å². The molecule has 0 fully saturated rings. The van der Waals surface area contributed by atoms with Crippen LogP contribution in [0.15, 0.2) is 28.9 Å². The predicted molar refractivity (Wildman–Crippen MR) is 76.8 cm³/mol. The Morgan fingerprint density at radius 2 is 2.21 bits per heavy atom. The van der Waals surface area contributed by atoms with Gasteiger partial charge in [0.25, 0.3) is 0 Å². The molecule has 0 aliphatic carbocycles. The normalized spacial score (nSPS) is 10.5. The minimum atomic E-state index is -0.0909. The van der Waals surface area contributed by atoms with E-state index in [0.29, 0.717) is 23.6 Å². The summed E-state index contributed by atoms with van der Waals surface area (Å²) in [5.74, 6) is 0.409. The summed E-state index contributed by atoms with van der Waals surface area (Å²) in [4.78, 5) is 12.7. The van der Waals surface area contributed by atoms with Crippen molar-refractivity contribution in [2.75, 3.05) is 7.11 Å². The van der Waals surface area contributed by atoms with Crippen LogP contribution < -0.4 is 4.74 Å². The van der Waals surface area contributed by atoms with Gasteiger partial charge in [0.15, 0.2) is 11.4 Å². The van der Waals surface area contributed by atoms with Gasteiger partial charge in [-0.3, -0.25) is 9.48 Å². The minimum absolute atomic E-state index is 0.0909. The largest absolute Gasteiger partial charge is 0.493 e. The van der Waals surface area contributed by atoms with Crippen LogP contribution in [0.2, 0.25) is 0 Å². The van der Waals surface area contributed by atoms with Crippen molar-refractivity contribution in [3.05, 3.63) is 45.7 Å². The van der Waals surface area contributed by atoms with Crippen molar-refractivity contribution in [2.45, 2.75) is 20.4 Å². The van der Waals surface area contributed by atoms with Crippen LogP contribution in [0.25, 0.3) is 0 Å². The predicted octanol–water partition coefficient (Wildman–Crippen LogP) is 3.21. The number of carbonyl (C=O) groups is 1. The molecular weight excluding hydrogens is 308 g/mol. The first-order chi connectivity index (χ1) is 9.10. The summed E-state index contributed by atoms with van der Waals surface area (Å²) in [6.45, 7) is 4.51. The molecular formula is C14H15BrN2O2. The maximum absolute atomic E-state index is 12.7. The summed E-state index contributed by atoms with van der Waals surface area (Å²) in [6, 6.07) is 5.62. The summed E-state index contributed by atoms with van der Waals surface area (Å²) in [7, 11) is 1.54. The molecule has 1 aromatic carbocycles. The average Bonchev–Trinajstić information content (AvgIpc) is 2.84. The second-order valence-electron chi connectivity index (χ2n) is 4.14. The molecule has 0 saturated carbocycles. The van der Waals surface area contributed by atoms with Crippen LogP contribution in [0.4, 0.5) is 0 Å². The number of ether oxygens (including phenoxy) is 1. The maximum atomic E-state index is 12.7. The molecule has 1 aromatic heterocycles. The average molecular weight is 323 g/mol. The highest BCUT2D eigenvalue weighted by Crippen LogP contribution is 2.27. The third kappa shape index (κ3) is 2.42. The number of benzene rings is 1. The smallest absolute Gasteiger partial charge is 0.215 e. The van der Waals surface area contributed by atoms with E-state index in [4.69, 9.17) is 4.74 Å². The van der Waals surface area contributed by atoms with E-state index in [1.165, 1.54) is 0 Å². The third-order valence-corrected chi connectivity index (χ3v) is 4.03. The Morgan fingerprint density at radius 3 is 2.84 bits per heavy atom. The number of rotatable bonds is 4. The first kappa shape index (κ1) is 13.8. The molecule has 0 atom stereocenters. The van der Waals surface area contributed by atoms with Gasteiger partial charge >= 0.3 is 0 Å². The Bertz CT molecular complexity index is 598. The van der Waals surface area contributed by atoms with E-state index in [2.05, 4.69) is 21.0 Å². The number of halogens is 1. The van der Waals surface area contributed by atoms with Gasteiger partial charge in [0, 0.05) is 16.6 Å². The number of carbonyl (C=O) groups excluding carboxylic acids is 1. The zero-order chi connectivity index (χ0) is 14.0. The van der Waals surface area contributed by atoms with E-state index in [-0.39, 0.29) is 5.78 Å². The van der Waals surface area contributed by atoms with Crippen molar-refractivity contribution in [3.63, 3.8) is 0 Å². The Morgan fingerprint density at radius 1 is 1.47 bits per heavy atom. The molecule has 4 nitrogen and oxygen atoms in total. The van der Waals surface area contributed by atoms with Crippen molar-refractivity contribution in [3.8, 4) is 5.75 Å². The van der Waals surface area contributed by atoms with Gasteiger partial charge in [0.05, 0.1) is 13.3 Å². The van der Waals surface area contributed by atoms with Crippen molar-refractivity contribution in [1.82, 2.24) is 9.78 Å². The van der Waals surface area contributed by atoms with Crippen LogP contribution in [0.1, 0.15) is 28.5 Å². The van der Waals surface area contributed by atoms with Gasteiger partial charge in [-0.1, -0.05) is 12.1 Å². The summed E-state index contributed by atoms with van der Waals surface area (Å²) in [5, 5.41) is 4.16. The van der Waals surface area contributed by atoms with Crippen LogP contribution in [-0.2, 0) is 6.54 Å². The number of methoxy groups -OCH3 is 1. The number of hydrogen-bond donors (Lipinski definition) is 0. The van der Waals surface area contributed by atoms with Crippen LogP contribution in [0.5, 0.6) is 5.75 Å². The van der Waals surface area contributed by atoms with Gasteiger partial charge in [-0.05, 0) is 41.4 Å². The van der Waals surface area contributed by atoms with E-state index in [0.717, 1.165) is 10.0 Å². The number of aryl methyl sites for hydroxylation is 2. The first-order valence-electron chi connectivity index (χ1n) is 5.99. The van der Waals surface area contributed by atoms with Crippen molar-refractivity contribution in [1.29, 1.82) is 0 Å². The Labute approximate surface area is 120 Å². The highest BCUT2D eigenvalue weighted by Gasteiger charge is 2.22. The quantitative estimate of drug-likeness (QED) is 0.812. The van der Waals surface area contributed by atoms with Gasteiger partial charge in [-0.25, -0.2) is 0 Å². The summed E-state index contributed by atoms with van der Waals surface area (Å²) in [6.07, 6.45) is 1.57. The summed E-state index contributed by atoms with van der Waals surface area (Å²) >= 11 is 3.47. The molecule has 0 aliphatic heterocycles. The molecule has 0 saturated heterocycles. The molecule has 0 amide bonds. The number of hydrogen-bond acceptors (Lipinski definition) is 3. The fourth-order valence-electron chi connectivity index (χ4n) is 1.94. The summed E-state index contributed by atoms with van der Waals surface area (Å²) in [5.41, 5.74) is 2.12. The third-order valence-electron chi connectivity index (χ3n) is 2.98. The number of nitrogens with zero attached hydrogens (tertiary/aromatic N) is 2. The van der Waals surface area contributed by atoms with E-state index >= 15 is 0 Å². The fraction of sp³-hybridized carbons (Fsp3) is 0.286. The van der Waals surface area contributed by atoms with Crippen molar-refractivity contribution in [2.24, 2.45) is 0 Å². The molecule has 0 aliphatic rings. The SMILES string of the molecule is CCn1ncc(OC)c1C(=O)c1cccc(C)c1Br. The second-order valence-corrected chi connectivity index (χ2v) is 4.94. The van der Waals surface area contributed by atoms with Gasteiger partial charge in [0.1, 0.15) is 0 Å². The zero-order valence-electron chi connectivity index (χ0n) is 11.1. The molecule has 19 heavy (non-hydrogen) atoms. The lowest BCUT2D eigenvalue weighted by molar-refractivity contribution is 0.102. The van der Waals surface area contributed by atoms with Crippen molar-refractivity contribution >= 4 is 21.7 Å². The highest BCUT2D eigenvalue weighted by atomic mass is 79.9. The molecule has 100 valence electrons. The molecule has 2 rings (SSSR count). The van der Waals surface area contributed by atoms with E-state index in [1.807, 2.05) is 26.0 Å². The standard InChI is InChI=1S/C14H15BrN2O2/c1-4-17-13(11(19-3)8-16-17)14(18)10-7-5-6-9(2)12(10)15/h5-8H,4H2,1-3H3. The van der Waals surface area contributed by atoms with Gasteiger partial charge in [-0.2, -0.15) is 5.10 Å². The van der Waals surface area contributed by atoms with Crippen LogP contribution >= 0.6 is 15.9 Å². The molecule has 0 bridgehead atoms. The zero-order valence-corrected chi connectivity index (χ0v) is 12.7. The highest BCUT2D eigenvalue weighted by molar-refractivity contribution is 9.10. The Balaban J connectivity index is 2.55. The lowest BCUT2D eigenvalue weighted by atomic mass is 10.1. The summed E-state index contributed by atoms with van der Waals surface area (Å²) < 4.78 is 7.68. The first-order valence-corrected chi connectivity index (χ1v) is 6.79. The second kappa shape index (κ2) is 5.57. The molecule has 0 N–H and O–H groups in total. The van der Waals surface area contributed by atoms with Crippen molar-refractivity contribution < 1.29 is 9.53 Å². The fourth-order valence-corrected chi connectivity index (χ4v) is 2.38. The lowest BCUT2D eigenvalue weighted by Crippen LogP contribution is -2.12. The minimum Gasteiger partial charge on any atom is -0.493 e. The lowest BCUT2D eigenvalue weighted by Gasteiger charge is -2.09. The molecule has 0 radical (unpaired) electrons. The maximum Gasteiger partial charge on any atom is 0.215 e. The molecule has 0 unspecified atom stereocenters. The van der Waals surface area contributed by atoms with Gasteiger partial charge in [-0.15, -0.1) is 0 Å². The molecule has 1 heterocycles. The Hall–Kier alpha value is -1.62. The van der Waals surface area contributed by atoms with Gasteiger partial charge < -0.3 is 4.74 Å².